The average Bonchev–Trinajstić information content (AvgIpc) is 3.00. The second-order valence-corrected chi connectivity index (χ2v) is 10.2. The molecule has 172 valence electrons. The molecule has 2 heterocycles. The highest BCUT2D eigenvalue weighted by atomic mass is 32.2. The molecule has 0 bridgehead atoms. The molecule has 1 fully saturated rings. The molecule has 4 nitrogen and oxygen atoms in total. The molecule has 0 N–H and O–H groups in total. The zero-order chi connectivity index (χ0) is 23.9. The number of aryl methyl sites for hydroxylation is 1. The Morgan fingerprint density at radius 1 is 1.12 bits per heavy atom. The van der Waals surface area contributed by atoms with Gasteiger partial charge in [0, 0.05) is 23.4 Å². The fraction of sp³-hybridized carbons (Fsp3) is 0.333. The number of imide groups is 1. The van der Waals surface area contributed by atoms with Crippen LogP contribution in [-0.2, 0) is 11.3 Å². The van der Waals surface area contributed by atoms with Crippen LogP contribution in [0.1, 0.15) is 56.4 Å². The van der Waals surface area contributed by atoms with Gasteiger partial charge in [0.25, 0.3) is 11.1 Å². The highest BCUT2D eigenvalue weighted by molar-refractivity contribution is 8.18. The quantitative estimate of drug-likeness (QED) is 0.457. The largest absolute Gasteiger partial charge is 0.362 e. The molecule has 1 saturated heterocycles. The van der Waals surface area contributed by atoms with Crippen molar-refractivity contribution in [2.24, 2.45) is 0 Å². The highest BCUT2D eigenvalue weighted by Gasteiger charge is 2.36. The number of fused-ring (bicyclic) bond motifs is 1. The van der Waals surface area contributed by atoms with E-state index in [4.69, 9.17) is 0 Å². The number of carbonyl (C=O) groups excluding carboxylic acids is 2. The van der Waals surface area contributed by atoms with Gasteiger partial charge < -0.3 is 4.90 Å². The highest BCUT2D eigenvalue weighted by Crippen LogP contribution is 2.41. The predicted molar refractivity (Wildman–Crippen MR) is 134 cm³/mol. The summed E-state index contributed by atoms with van der Waals surface area (Å²) >= 11 is 0.908. The monoisotopic (exact) mass is 464 g/mol. The van der Waals surface area contributed by atoms with Gasteiger partial charge in [-0.1, -0.05) is 31.2 Å². The minimum Gasteiger partial charge on any atom is -0.362 e. The van der Waals surface area contributed by atoms with E-state index in [0.717, 1.165) is 46.3 Å². The Kier molecular flexibility index (Phi) is 6.23. The van der Waals surface area contributed by atoms with Crippen molar-refractivity contribution in [2.75, 3.05) is 11.4 Å². The molecule has 2 amide bonds. The summed E-state index contributed by atoms with van der Waals surface area (Å²) in [5, 5.41) is -0.378. The fourth-order valence-corrected chi connectivity index (χ4v) is 5.44. The predicted octanol–water partition coefficient (Wildman–Crippen LogP) is 6.78. The number of benzene rings is 2. The van der Waals surface area contributed by atoms with Crippen LogP contribution in [0.3, 0.4) is 0 Å². The Balaban J connectivity index is 1.68. The SMILES string of the molecule is CCCN1c2cc(C)c(/C=C3/SC(=O)N(Cc4ccccc4F)C3=O)cc2C(C)=CC1(C)C. The summed E-state index contributed by atoms with van der Waals surface area (Å²) in [5.74, 6) is -0.806. The van der Waals surface area contributed by atoms with E-state index < -0.39 is 5.82 Å². The summed E-state index contributed by atoms with van der Waals surface area (Å²) in [4.78, 5) is 29.4. The molecule has 0 radical (unpaired) electrons. The molecule has 0 unspecified atom stereocenters. The van der Waals surface area contributed by atoms with Gasteiger partial charge in [-0.05, 0) is 86.9 Å². The van der Waals surface area contributed by atoms with E-state index in [9.17, 15) is 14.0 Å². The average molecular weight is 465 g/mol. The van der Waals surface area contributed by atoms with Gasteiger partial charge in [0.05, 0.1) is 17.0 Å². The molecular formula is C27H29FN2O2S. The van der Waals surface area contributed by atoms with Crippen LogP contribution in [0, 0.1) is 12.7 Å². The summed E-state index contributed by atoms with van der Waals surface area (Å²) < 4.78 is 14.1. The summed E-state index contributed by atoms with van der Waals surface area (Å²) in [6.45, 7) is 11.7. The smallest absolute Gasteiger partial charge is 0.293 e. The number of thioether (sulfide) groups is 1. The summed E-state index contributed by atoms with van der Waals surface area (Å²) in [5.41, 5.74) is 5.75. The van der Waals surface area contributed by atoms with Crippen molar-refractivity contribution in [3.63, 3.8) is 0 Å². The Morgan fingerprint density at radius 2 is 1.85 bits per heavy atom. The maximum absolute atomic E-state index is 14.1. The lowest BCUT2D eigenvalue weighted by molar-refractivity contribution is -0.123. The van der Waals surface area contributed by atoms with Crippen LogP contribution in [0.15, 0.2) is 47.4 Å². The first-order valence-electron chi connectivity index (χ1n) is 11.2. The van der Waals surface area contributed by atoms with Gasteiger partial charge in [0.1, 0.15) is 5.82 Å². The van der Waals surface area contributed by atoms with Gasteiger partial charge in [-0.2, -0.15) is 0 Å². The molecule has 4 rings (SSSR count). The molecular weight excluding hydrogens is 435 g/mol. The standard InChI is InChI=1S/C27H29FN2O2S/c1-6-11-30-23-12-17(2)20(13-21(23)18(3)15-27(30,4)5)14-24-25(31)29(26(32)33-24)16-19-9-7-8-10-22(19)28/h7-10,12-15H,6,11,16H2,1-5H3/b24-14+. The van der Waals surface area contributed by atoms with E-state index >= 15 is 0 Å². The Morgan fingerprint density at radius 3 is 2.55 bits per heavy atom. The zero-order valence-electron chi connectivity index (χ0n) is 19.7. The van der Waals surface area contributed by atoms with Crippen molar-refractivity contribution < 1.29 is 14.0 Å². The number of allylic oxidation sites excluding steroid dienone is 1. The number of hydrogen-bond acceptors (Lipinski definition) is 4. The molecule has 0 saturated carbocycles. The van der Waals surface area contributed by atoms with E-state index in [2.05, 4.69) is 50.8 Å². The van der Waals surface area contributed by atoms with E-state index in [0.29, 0.717) is 10.5 Å². The Bertz CT molecular complexity index is 1200. The lowest BCUT2D eigenvalue weighted by atomic mass is 9.86. The first-order chi connectivity index (χ1) is 15.6. The molecule has 0 aromatic heterocycles. The van der Waals surface area contributed by atoms with Crippen molar-refractivity contribution in [3.8, 4) is 0 Å². The van der Waals surface area contributed by atoms with Crippen molar-refractivity contribution in [2.45, 2.75) is 53.1 Å². The number of rotatable bonds is 5. The second kappa shape index (κ2) is 8.82. The van der Waals surface area contributed by atoms with Crippen molar-refractivity contribution in [1.29, 1.82) is 0 Å². The number of carbonyl (C=O) groups is 2. The molecule has 6 heteroatoms. The van der Waals surface area contributed by atoms with E-state index in [-0.39, 0.29) is 23.2 Å². The van der Waals surface area contributed by atoms with Crippen molar-refractivity contribution >= 4 is 40.2 Å². The minimum absolute atomic E-state index is 0.0687. The number of anilines is 1. The molecule has 2 aromatic rings. The molecule has 2 aliphatic heterocycles. The van der Waals surface area contributed by atoms with Crippen LogP contribution in [0.25, 0.3) is 11.6 Å². The van der Waals surface area contributed by atoms with Crippen molar-refractivity contribution in [3.05, 3.63) is 75.5 Å². The molecule has 2 aromatic carbocycles. The van der Waals surface area contributed by atoms with Crippen LogP contribution in [-0.4, -0.2) is 28.1 Å². The molecule has 2 aliphatic rings. The second-order valence-electron chi connectivity index (χ2n) is 9.22. The Labute approximate surface area is 199 Å². The maximum atomic E-state index is 14.1. The molecule has 0 spiro atoms. The number of halogens is 1. The third-order valence-corrected chi connectivity index (χ3v) is 7.17. The van der Waals surface area contributed by atoms with Crippen LogP contribution in [0.2, 0.25) is 0 Å². The maximum Gasteiger partial charge on any atom is 0.293 e. The first kappa shape index (κ1) is 23.3. The lowest BCUT2D eigenvalue weighted by Gasteiger charge is -2.43. The normalized spacial score (nSPS) is 18.7. The lowest BCUT2D eigenvalue weighted by Crippen LogP contribution is -2.45. The van der Waals surface area contributed by atoms with Gasteiger partial charge in [-0.3, -0.25) is 14.5 Å². The third kappa shape index (κ3) is 4.36. The molecule has 0 aliphatic carbocycles. The van der Waals surface area contributed by atoms with Gasteiger partial charge in [0.15, 0.2) is 0 Å². The van der Waals surface area contributed by atoms with Crippen LogP contribution in [0.5, 0.6) is 0 Å². The summed E-state index contributed by atoms with van der Waals surface area (Å²) in [6, 6.07) is 10.5. The van der Waals surface area contributed by atoms with Gasteiger partial charge in [-0.15, -0.1) is 0 Å². The van der Waals surface area contributed by atoms with E-state index in [1.165, 1.54) is 17.3 Å². The molecule has 0 atom stereocenters. The van der Waals surface area contributed by atoms with E-state index in [1.54, 1.807) is 24.3 Å². The third-order valence-electron chi connectivity index (χ3n) is 6.26. The van der Waals surface area contributed by atoms with E-state index in [1.807, 2.05) is 6.92 Å². The van der Waals surface area contributed by atoms with Gasteiger partial charge in [0.2, 0.25) is 0 Å². The Hall–Kier alpha value is -2.86. The van der Waals surface area contributed by atoms with Crippen LogP contribution >= 0.6 is 11.8 Å². The number of hydrogen-bond donors (Lipinski definition) is 0. The molecule has 33 heavy (non-hydrogen) atoms. The minimum atomic E-state index is -0.423. The topological polar surface area (TPSA) is 40.6 Å². The van der Waals surface area contributed by atoms with Crippen molar-refractivity contribution in [1.82, 2.24) is 4.90 Å². The number of nitrogens with zero attached hydrogens (tertiary/aromatic N) is 2. The fourth-order valence-electron chi connectivity index (χ4n) is 4.61. The van der Waals surface area contributed by atoms with Crippen LogP contribution in [0.4, 0.5) is 14.9 Å². The van der Waals surface area contributed by atoms with Gasteiger partial charge in [-0.25, -0.2) is 4.39 Å². The number of amides is 2. The summed E-state index contributed by atoms with van der Waals surface area (Å²) in [6.07, 6.45) is 5.12. The zero-order valence-corrected chi connectivity index (χ0v) is 20.6. The first-order valence-corrected chi connectivity index (χ1v) is 12.0. The van der Waals surface area contributed by atoms with Gasteiger partial charge >= 0.3 is 0 Å². The summed E-state index contributed by atoms with van der Waals surface area (Å²) in [7, 11) is 0. The van der Waals surface area contributed by atoms with Crippen LogP contribution < -0.4 is 4.90 Å².